The Kier molecular flexibility index (Phi) is 7.10. The van der Waals surface area contributed by atoms with E-state index in [0.29, 0.717) is 57.1 Å². The molecule has 33 heavy (non-hydrogen) atoms. The van der Waals surface area contributed by atoms with E-state index in [4.69, 9.17) is 9.26 Å². The molecule has 2 fully saturated rings. The van der Waals surface area contributed by atoms with Crippen LogP contribution in [0.3, 0.4) is 0 Å². The van der Waals surface area contributed by atoms with Gasteiger partial charge in [-0.2, -0.15) is 15.6 Å². The number of benzene rings is 1. The average Bonchev–Trinajstić information content (AvgIpc) is 3.27. The van der Waals surface area contributed by atoms with Gasteiger partial charge in [-0.25, -0.2) is 9.18 Å². The second kappa shape index (κ2) is 9.86. The fourth-order valence-electron chi connectivity index (χ4n) is 4.47. The van der Waals surface area contributed by atoms with Gasteiger partial charge in [0.15, 0.2) is 0 Å². The highest BCUT2D eigenvalue weighted by atomic mass is 32.3. The minimum Gasteiger partial charge on any atom is -0.462 e. The van der Waals surface area contributed by atoms with Gasteiger partial charge < -0.3 is 19.1 Å². The molecule has 2 aliphatic rings. The lowest BCUT2D eigenvalue weighted by Crippen LogP contribution is -2.52. The van der Waals surface area contributed by atoms with Crippen LogP contribution in [-0.4, -0.2) is 79.4 Å². The molecule has 0 saturated carbocycles. The molecule has 2 unspecified atom stereocenters. The zero-order chi connectivity index (χ0) is 23.6. The number of aryl methyl sites for hydroxylation is 1. The standard InChI is InChI=1S/C22H31FN4O5S/c1-3-15-5-6-16(12-19(15)23)17-11-18(20-24-21(25-32-20)31-4-2)14-27(13-17)22(28)26-7-9-33(29,30)10-8-26/h5-6,12,17-18,29-30H,3-4,7-11,13-14H2,1-2H3. The van der Waals surface area contributed by atoms with Crippen LogP contribution in [0.2, 0.25) is 0 Å². The third-order valence-corrected chi connectivity index (χ3v) is 8.02. The third-order valence-electron chi connectivity index (χ3n) is 6.34. The van der Waals surface area contributed by atoms with Crippen LogP contribution in [0.15, 0.2) is 22.7 Å². The van der Waals surface area contributed by atoms with Gasteiger partial charge >= 0.3 is 12.0 Å². The number of hydrogen-bond donors (Lipinski definition) is 2. The second-order valence-electron chi connectivity index (χ2n) is 8.57. The summed E-state index contributed by atoms with van der Waals surface area (Å²) in [7, 11) is -2.60. The predicted molar refractivity (Wildman–Crippen MR) is 122 cm³/mol. The third kappa shape index (κ3) is 5.42. The first kappa shape index (κ1) is 23.8. The number of ether oxygens (including phenoxy) is 1. The van der Waals surface area contributed by atoms with E-state index in [-0.39, 0.29) is 41.2 Å². The molecule has 9 nitrogen and oxygen atoms in total. The molecule has 3 heterocycles. The van der Waals surface area contributed by atoms with Gasteiger partial charge in [-0.15, -0.1) is 0 Å². The minimum atomic E-state index is -2.60. The number of urea groups is 1. The molecular formula is C22H31FN4O5S. The van der Waals surface area contributed by atoms with Gasteiger partial charge in [-0.1, -0.05) is 19.1 Å². The number of halogens is 1. The number of piperidine rings is 1. The lowest BCUT2D eigenvalue weighted by Gasteiger charge is -2.44. The molecule has 0 spiro atoms. The maximum absolute atomic E-state index is 14.5. The summed E-state index contributed by atoms with van der Waals surface area (Å²) in [5, 5.41) is 3.86. The van der Waals surface area contributed by atoms with Gasteiger partial charge in [0.05, 0.1) is 24.0 Å². The molecule has 2 amide bonds. The van der Waals surface area contributed by atoms with E-state index in [1.807, 2.05) is 19.9 Å². The highest BCUT2D eigenvalue weighted by molar-refractivity contribution is 8.24. The number of likely N-dealkylation sites (tertiary alicyclic amines) is 1. The summed E-state index contributed by atoms with van der Waals surface area (Å²) in [4.78, 5) is 21.0. The Balaban J connectivity index is 1.57. The van der Waals surface area contributed by atoms with Gasteiger partial charge in [-0.3, -0.25) is 9.11 Å². The first-order valence-corrected chi connectivity index (χ1v) is 13.2. The Morgan fingerprint density at radius 2 is 1.94 bits per heavy atom. The maximum atomic E-state index is 14.5. The van der Waals surface area contributed by atoms with Crippen LogP contribution in [0.1, 0.15) is 49.1 Å². The van der Waals surface area contributed by atoms with Crippen molar-refractivity contribution in [2.24, 2.45) is 0 Å². The molecule has 2 aliphatic heterocycles. The van der Waals surface area contributed by atoms with Gasteiger partial charge in [0.2, 0.25) is 5.89 Å². The lowest BCUT2D eigenvalue weighted by atomic mass is 9.84. The van der Waals surface area contributed by atoms with E-state index in [0.717, 1.165) is 5.56 Å². The molecule has 2 aromatic rings. The molecule has 2 N–H and O–H groups in total. The highest BCUT2D eigenvalue weighted by Gasteiger charge is 2.37. The lowest BCUT2D eigenvalue weighted by molar-refractivity contribution is 0.129. The molecule has 0 bridgehead atoms. The summed E-state index contributed by atoms with van der Waals surface area (Å²) in [5.41, 5.74) is 1.48. The molecule has 182 valence electrons. The molecule has 2 atom stereocenters. The van der Waals surface area contributed by atoms with Crippen molar-refractivity contribution < 1.29 is 27.6 Å². The molecule has 1 aromatic carbocycles. The molecule has 4 rings (SSSR count). The topological polar surface area (TPSA) is 112 Å². The zero-order valence-corrected chi connectivity index (χ0v) is 19.8. The van der Waals surface area contributed by atoms with Crippen molar-refractivity contribution in [2.75, 3.05) is 44.3 Å². The molecule has 11 heteroatoms. The number of nitrogens with zero attached hydrogens (tertiary/aromatic N) is 4. The monoisotopic (exact) mass is 482 g/mol. The second-order valence-corrected chi connectivity index (χ2v) is 11.0. The Morgan fingerprint density at radius 1 is 1.21 bits per heavy atom. The van der Waals surface area contributed by atoms with E-state index in [1.165, 1.54) is 0 Å². The Hall–Kier alpha value is -2.37. The summed E-state index contributed by atoms with van der Waals surface area (Å²) in [6.45, 7) is 5.55. The summed E-state index contributed by atoms with van der Waals surface area (Å²) in [6.07, 6.45) is 1.24. The summed E-state index contributed by atoms with van der Waals surface area (Å²) in [5.74, 6) is 0.177. The van der Waals surface area contributed by atoms with Crippen molar-refractivity contribution in [2.45, 2.75) is 38.5 Å². The number of rotatable bonds is 5. The Morgan fingerprint density at radius 3 is 2.61 bits per heavy atom. The van der Waals surface area contributed by atoms with Crippen LogP contribution in [0.5, 0.6) is 6.01 Å². The number of carbonyl (C=O) groups is 1. The molecule has 0 radical (unpaired) electrons. The SMILES string of the molecule is CCOc1noc(C2CC(c3ccc(CC)c(F)c3)CN(C(=O)N3CCS(O)(O)CC3)C2)n1. The van der Waals surface area contributed by atoms with Crippen molar-refractivity contribution in [3.05, 3.63) is 41.0 Å². The molecule has 1 aromatic heterocycles. The molecular weight excluding hydrogens is 451 g/mol. The van der Waals surface area contributed by atoms with E-state index in [2.05, 4.69) is 10.1 Å². The highest BCUT2D eigenvalue weighted by Crippen LogP contribution is 2.41. The fourth-order valence-corrected chi connectivity index (χ4v) is 5.70. The van der Waals surface area contributed by atoms with Gasteiger partial charge in [0, 0.05) is 32.1 Å². The Labute approximate surface area is 194 Å². The quantitative estimate of drug-likeness (QED) is 0.664. The number of amides is 2. The van der Waals surface area contributed by atoms with Gasteiger partial charge in [-0.05, 0) is 42.1 Å². The van der Waals surface area contributed by atoms with Crippen molar-refractivity contribution >= 4 is 16.6 Å². The van der Waals surface area contributed by atoms with E-state index >= 15 is 0 Å². The van der Waals surface area contributed by atoms with Crippen LogP contribution in [0, 0.1) is 5.82 Å². The molecule has 2 saturated heterocycles. The summed E-state index contributed by atoms with van der Waals surface area (Å²) in [6, 6.07) is 5.27. The summed E-state index contributed by atoms with van der Waals surface area (Å²) >= 11 is 0. The number of carbonyl (C=O) groups excluding carboxylic acids is 1. The van der Waals surface area contributed by atoms with Crippen LogP contribution in [-0.2, 0) is 6.42 Å². The van der Waals surface area contributed by atoms with E-state index in [9.17, 15) is 18.3 Å². The average molecular weight is 483 g/mol. The van der Waals surface area contributed by atoms with E-state index < -0.39 is 10.6 Å². The van der Waals surface area contributed by atoms with Gasteiger partial charge in [0.1, 0.15) is 5.82 Å². The first-order valence-electron chi connectivity index (χ1n) is 11.3. The number of aromatic nitrogens is 2. The first-order chi connectivity index (χ1) is 15.8. The zero-order valence-electron chi connectivity index (χ0n) is 18.9. The van der Waals surface area contributed by atoms with Crippen LogP contribution in [0.25, 0.3) is 0 Å². The van der Waals surface area contributed by atoms with E-state index in [1.54, 1.807) is 21.9 Å². The maximum Gasteiger partial charge on any atom is 0.354 e. The van der Waals surface area contributed by atoms with Crippen LogP contribution >= 0.6 is 10.6 Å². The predicted octanol–water partition coefficient (Wildman–Crippen LogP) is 3.93. The van der Waals surface area contributed by atoms with Crippen LogP contribution in [0.4, 0.5) is 9.18 Å². The van der Waals surface area contributed by atoms with Gasteiger partial charge in [0.25, 0.3) is 0 Å². The fraction of sp³-hybridized carbons (Fsp3) is 0.591. The largest absolute Gasteiger partial charge is 0.462 e. The number of hydrogen-bond acceptors (Lipinski definition) is 7. The minimum absolute atomic E-state index is 0.110. The normalized spacial score (nSPS) is 23.9. The van der Waals surface area contributed by atoms with Crippen molar-refractivity contribution in [1.29, 1.82) is 0 Å². The smallest absolute Gasteiger partial charge is 0.354 e. The molecule has 0 aliphatic carbocycles. The van der Waals surface area contributed by atoms with Crippen LogP contribution < -0.4 is 4.74 Å². The summed E-state index contributed by atoms with van der Waals surface area (Å²) < 4.78 is 45.1. The Bertz CT molecular complexity index is 977. The van der Waals surface area contributed by atoms with Crippen molar-refractivity contribution in [3.63, 3.8) is 0 Å². The van der Waals surface area contributed by atoms with Crippen molar-refractivity contribution in [3.8, 4) is 6.01 Å². The van der Waals surface area contributed by atoms with Crippen molar-refractivity contribution in [1.82, 2.24) is 19.9 Å².